The van der Waals surface area contributed by atoms with E-state index < -0.39 is 0 Å². The molecule has 4 amide bonds. The number of hydrogen-bond donors (Lipinski definition) is 0. The molecule has 26 heavy (non-hydrogen) atoms. The van der Waals surface area contributed by atoms with Crippen molar-refractivity contribution >= 4 is 23.4 Å². The van der Waals surface area contributed by atoms with Gasteiger partial charge in [-0.05, 0) is 37.1 Å². The number of para-hydroxylation sites is 2. The van der Waals surface area contributed by atoms with Crippen LogP contribution in [0.15, 0.2) is 60.7 Å². The Balaban J connectivity index is 1.72. The van der Waals surface area contributed by atoms with Gasteiger partial charge in [0, 0.05) is 11.7 Å². The zero-order chi connectivity index (χ0) is 17.9. The number of imide groups is 1. The van der Waals surface area contributed by atoms with E-state index in [1.165, 1.54) is 11.3 Å². The number of carbonyl (C=O) groups excluding carboxylic acids is 2. The summed E-state index contributed by atoms with van der Waals surface area (Å²) in [6.07, 6.45) is 5.51. The summed E-state index contributed by atoms with van der Waals surface area (Å²) < 4.78 is 0. The van der Waals surface area contributed by atoms with Crippen LogP contribution in [-0.4, -0.2) is 29.7 Å². The highest BCUT2D eigenvalue weighted by Gasteiger charge is 2.41. The molecule has 0 spiro atoms. The van der Waals surface area contributed by atoms with Crippen LogP contribution in [0, 0.1) is 0 Å². The minimum absolute atomic E-state index is 0.196. The second kappa shape index (κ2) is 7.20. The van der Waals surface area contributed by atoms with Gasteiger partial charge in [0.2, 0.25) is 0 Å². The van der Waals surface area contributed by atoms with Crippen molar-refractivity contribution in [3.63, 3.8) is 0 Å². The van der Waals surface area contributed by atoms with Crippen molar-refractivity contribution in [2.24, 2.45) is 0 Å². The fourth-order valence-electron chi connectivity index (χ4n) is 3.87. The van der Waals surface area contributed by atoms with Crippen molar-refractivity contribution in [1.29, 1.82) is 0 Å². The van der Waals surface area contributed by atoms with Gasteiger partial charge in [-0.2, -0.15) is 0 Å². The third kappa shape index (κ3) is 3.05. The van der Waals surface area contributed by atoms with E-state index in [1.807, 2.05) is 65.6 Å². The molecule has 0 radical (unpaired) electrons. The molecule has 5 heteroatoms. The summed E-state index contributed by atoms with van der Waals surface area (Å²) in [5, 5.41) is 0. The average molecular weight is 349 g/mol. The first-order valence-electron chi connectivity index (χ1n) is 9.28. The van der Waals surface area contributed by atoms with Gasteiger partial charge in [0.05, 0.1) is 5.69 Å². The van der Waals surface area contributed by atoms with Crippen LogP contribution in [0.2, 0.25) is 0 Å². The summed E-state index contributed by atoms with van der Waals surface area (Å²) in [5.74, 6) is 0. The quantitative estimate of drug-likeness (QED) is 0.795. The van der Waals surface area contributed by atoms with Crippen LogP contribution in [0.25, 0.3) is 0 Å². The topological polar surface area (TPSA) is 43.9 Å². The molecule has 1 aliphatic carbocycles. The van der Waals surface area contributed by atoms with E-state index in [0.717, 1.165) is 31.4 Å². The summed E-state index contributed by atoms with van der Waals surface area (Å²) in [4.78, 5) is 31.3. The Morgan fingerprint density at radius 3 is 1.88 bits per heavy atom. The molecule has 1 saturated carbocycles. The minimum Gasteiger partial charge on any atom is -0.303 e. The molecule has 0 bridgehead atoms. The molecule has 2 fully saturated rings. The molecule has 4 rings (SSSR count). The number of urea groups is 2. The lowest BCUT2D eigenvalue weighted by Gasteiger charge is -2.45. The summed E-state index contributed by atoms with van der Waals surface area (Å²) in [5.41, 5.74) is 1.43. The van der Waals surface area contributed by atoms with Crippen LogP contribution in [0.5, 0.6) is 0 Å². The van der Waals surface area contributed by atoms with Gasteiger partial charge < -0.3 is 4.90 Å². The molecule has 2 aliphatic rings. The Morgan fingerprint density at radius 2 is 1.27 bits per heavy atom. The van der Waals surface area contributed by atoms with Gasteiger partial charge in [-0.15, -0.1) is 0 Å². The standard InChI is InChI=1S/C21H23N3O2/c25-20-22(17-10-4-1-5-11-17)16-23(18-12-6-2-7-13-18)21(26)24(20)19-14-8-3-9-15-19/h1,3-5,8-11,14-15,18H,2,6-7,12-13,16H2. The highest BCUT2D eigenvalue weighted by molar-refractivity contribution is 6.20. The zero-order valence-electron chi connectivity index (χ0n) is 14.8. The number of amides is 4. The molecule has 134 valence electrons. The van der Waals surface area contributed by atoms with Gasteiger partial charge in [-0.25, -0.2) is 14.5 Å². The van der Waals surface area contributed by atoms with Crippen molar-refractivity contribution in [3.05, 3.63) is 60.7 Å². The zero-order valence-corrected chi connectivity index (χ0v) is 14.8. The van der Waals surface area contributed by atoms with Crippen LogP contribution >= 0.6 is 0 Å². The van der Waals surface area contributed by atoms with E-state index in [4.69, 9.17) is 0 Å². The van der Waals surface area contributed by atoms with Crippen LogP contribution in [0.4, 0.5) is 21.0 Å². The first-order chi connectivity index (χ1) is 12.8. The lowest BCUT2D eigenvalue weighted by molar-refractivity contribution is 0.153. The largest absolute Gasteiger partial charge is 0.338 e. The average Bonchev–Trinajstić information content (AvgIpc) is 2.70. The van der Waals surface area contributed by atoms with E-state index >= 15 is 0 Å². The molecular formula is C21H23N3O2. The monoisotopic (exact) mass is 349 g/mol. The Hall–Kier alpha value is -2.82. The predicted molar refractivity (Wildman–Crippen MR) is 102 cm³/mol. The first-order valence-corrected chi connectivity index (χ1v) is 9.28. The maximum atomic E-state index is 13.2. The second-order valence-electron chi connectivity index (χ2n) is 6.90. The van der Waals surface area contributed by atoms with E-state index in [9.17, 15) is 9.59 Å². The van der Waals surface area contributed by atoms with Crippen molar-refractivity contribution in [2.45, 2.75) is 38.1 Å². The molecule has 1 heterocycles. The summed E-state index contributed by atoms with van der Waals surface area (Å²) in [6, 6.07) is 18.5. The summed E-state index contributed by atoms with van der Waals surface area (Å²) in [7, 11) is 0. The van der Waals surface area contributed by atoms with E-state index in [0.29, 0.717) is 12.4 Å². The molecule has 0 aromatic heterocycles. The van der Waals surface area contributed by atoms with Crippen LogP contribution in [0.1, 0.15) is 32.1 Å². The Bertz CT molecular complexity index is 772. The number of rotatable bonds is 3. The molecule has 0 atom stereocenters. The van der Waals surface area contributed by atoms with Crippen LogP contribution < -0.4 is 9.80 Å². The highest BCUT2D eigenvalue weighted by atomic mass is 16.2. The molecule has 2 aromatic carbocycles. The SMILES string of the molecule is O=C1N(c2ccccc2)CN(C2CCCCC2)C(=O)N1c1ccccc1. The number of hydrogen-bond acceptors (Lipinski definition) is 2. The number of carbonyl (C=O) groups is 2. The third-order valence-electron chi connectivity index (χ3n) is 5.25. The molecule has 1 aliphatic heterocycles. The number of anilines is 2. The fraction of sp³-hybridized carbons (Fsp3) is 0.333. The molecule has 0 unspecified atom stereocenters. The molecule has 5 nitrogen and oxygen atoms in total. The normalized spacial score (nSPS) is 19.2. The lowest BCUT2D eigenvalue weighted by Crippen LogP contribution is -2.64. The number of benzene rings is 2. The smallest absolute Gasteiger partial charge is 0.303 e. The van der Waals surface area contributed by atoms with E-state index in [-0.39, 0.29) is 18.1 Å². The predicted octanol–water partition coefficient (Wildman–Crippen LogP) is 4.85. The van der Waals surface area contributed by atoms with Gasteiger partial charge in [0.25, 0.3) is 0 Å². The Kier molecular flexibility index (Phi) is 4.61. The van der Waals surface area contributed by atoms with E-state index in [2.05, 4.69) is 0 Å². The molecule has 1 saturated heterocycles. The lowest BCUT2D eigenvalue weighted by atomic mass is 9.94. The second-order valence-corrected chi connectivity index (χ2v) is 6.90. The number of nitrogens with zero attached hydrogens (tertiary/aromatic N) is 3. The highest BCUT2D eigenvalue weighted by Crippen LogP contribution is 2.31. The fourth-order valence-corrected chi connectivity index (χ4v) is 3.87. The van der Waals surface area contributed by atoms with Gasteiger partial charge in [-0.3, -0.25) is 4.90 Å². The van der Waals surface area contributed by atoms with Crippen LogP contribution in [0.3, 0.4) is 0 Å². The van der Waals surface area contributed by atoms with E-state index in [1.54, 1.807) is 4.90 Å². The van der Waals surface area contributed by atoms with Gasteiger partial charge in [0.15, 0.2) is 0 Å². The first kappa shape index (κ1) is 16.6. The summed E-state index contributed by atoms with van der Waals surface area (Å²) in [6.45, 7) is 0.315. The minimum atomic E-state index is -0.292. The Morgan fingerprint density at radius 1 is 0.692 bits per heavy atom. The van der Waals surface area contributed by atoms with Crippen LogP contribution in [-0.2, 0) is 0 Å². The maximum Gasteiger partial charge on any atom is 0.338 e. The molecular weight excluding hydrogens is 326 g/mol. The third-order valence-corrected chi connectivity index (χ3v) is 5.25. The Labute approximate surface area is 153 Å². The van der Waals surface area contributed by atoms with Gasteiger partial charge in [0.1, 0.15) is 6.67 Å². The van der Waals surface area contributed by atoms with Gasteiger partial charge >= 0.3 is 12.1 Å². The van der Waals surface area contributed by atoms with Crippen molar-refractivity contribution in [1.82, 2.24) is 4.90 Å². The van der Waals surface area contributed by atoms with Crippen molar-refractivity contribution < 1.29 is 9.59 Å². The molecule has 2 aromatic rings. The maximum absolute atomic E-state index is 13.2. The summed E-state index contributed by atoms with van der Waals surface area (Å²) >= 11 is 0. The van der Waals surface area contributed by atoms with Crippen molar-refractivity contribution in [3.8, 4) is 0 Å². The van der Waals surface area contributed by atoms with Gasteiger partial charge in [-0.1, -0.05) is 55.7 Å². The van der Waals surface area contributed by atoms with Crippen molar-refractivity contribution in [2.75, 3.05) is 16.5 Å². The molecule has 0 N–H and O–H groups in total.